The number of aromatic hydroxyl groups is 2. The number of alkyl carbamates (subject to hydrolysis) is 1. The van der Waals surface area contributed by atoms with Gasteiger partial charge in [0.25, 0.3) is 0 Å². The molecule has 0 aromatic heterocycles. The molecule has 1 aliphatic heterocycles. The van der Waals surface area contributed by atoms with Crippen molar-refractivity contribution in [1.29, 1.82) is 0 Å². The van der Waals surface area contributed by atoms with Crippen molar-refractivity contribution in [3.05, 3.63) is 88.9 Å². The summed E-state index contributed by atoms with van der Waals surface area (Å²) < 4.78 is 18.1. The van der Waals surface area contributed by atoms with Gasteiger partial charge >= 0.3 is 13.2 Å². The van der Waals surface area contributed by atoms with Crippen LogP contribution in [-0.2, 0) is 14.0 Å². The van der Waals surface area contributed by atoms with Crippen LogP contribution in [0.5, 0.6) is 11.5 Å². The maximum Gasteiger partial charge on any atom is 0.492 e. The standard InChI is InChI=1S/C30H32BNO6/c1-29(2)30(3,4)38-31(37-29)20(15-19-13-14-21(33)16-27(19)34)17-32-28(35)36-18-26-24-11-7-5-9-22(24)23-10-6-8-12-25(23)26/h5-16,26,33-34H,17-18H2,1-4H3,(H,32,35). The molecule has 0 atom stereocenters. The molecule has 3 N–H and O–H groups in total. The van der Waals surface area contributed by atoms with E-state index in [0.717, 1.165) is 22.3 Å². The summed E-state index contributed by atoms with van der Waals surface area (Å²) in [7, 11) is -0.748. The SMILES string of the molecule is CC1(C)OB(C(=Cc2ccc(O)cc2O)CNC(=O)OCC2c3ccccc3-c3ccccc32)OC1(C)C. The number of hydrogen-bond acceptors (Lipinski definition) is 6. The number of ether oxygens (including phenoxy) is 1. The molecule has 0 bridgehead atoms. The number of fused-ring (bicyclic) bond motifs is 3. The van der Waals surface area contributed by atoms with Gasteiger partial charge in [-0.2, -0.15) is 0 Å². The monoisotopic (exact) mass is 513 g/mol. The Balaban J connectivity index is 1.31. The van der Waals surface area contributed by atoms with Gasteiger partial charge < -0.3 is 29.6 Å². The molecule has 38 heavy (non-hydrogen) atoms. The zero-order valence-electron chi connectivity index (χ0n) is 22.0. The number of nitrogens with one attached hydrogen (secondary N) is 1. The minimum Gasteiger partial charge on any atom is -0.508 e. The summed E-state index contributed by atoms with van der Waals surface area (Å²) >= 11 is 0. The van der Waals surface area contributed by atoms with Crippen molar-refractivity contribution in [3.8, 4) is 22.6 Å². The summed E-state index contributed by atoms with van der Waals surface area (Å²) in [4.78, 5) is 12.8. The minimum absolute atomic E-state index is 0.0415. The van der Waals surface area contributed by atoms with E-state index in [-0.39, 0.29) is 30.6 Å². The first kappa shape index (κ1) is 25.9. The van der Waals surface area contributed by atoms with Crippen LogP contribution in [0.4, 0.5) is 4.79 Å². The van der Waals surface area contributed by atoms with Gasteiger partial charge in [-0.3, -0.25) is 0 Å². The van der Waals surface area contributed by atoms with Crippen molar-refractivity contribution in [3.63, 3.8) is 0 Å². The number of phenolic OH excluding ortho intramolecular Hbond substituents is 2. The molecule has 1 fully saturated rings. The van der Waals surface area contributed by atoms with Crippen molar-refractivity contribution in [2.75, 3.05) is 13.2 Å². The summed E-state index contributed by atoms with van der Waals surface area (Å²) in [6, 6.07) is 20.7. The lowest BCUT2D eigenvalue weighted by Gasteiger charge is -2.32. The number of amides is 1. The van der Waals surface area contributed by atoms with Crippen LogP contribution in [0.2, 0.25) is 0 Å². The highest BCUT2D eigenvalue weighted by Gasteiger charge is 2.52. The van der Waals surface area contributed by atoms with Crippen LogP contribution in [0.1, 0.15) is 50.3 Å². The van der Waals surface area contributed by atoms with E-state index in [9.17, 15) is 15.0 Å². The van der Waals surface area contributed by atoms with Crippen LogP contribution in [0.25, 0.3) is 17.2 Å². The van der Waals surface area contributed by atoms with Gasteiger partial charge in [0.05, 0.1) is 11.2 Å². The van der Waals surface area contributed by atoms with Gasteiger partial charge in [0.2, 0.25) is 0 Å². The lowest BCUT2D eigenvalue weighted by molar-refractivity contribution is 0.00578. The average Bonchev–Trinajstić information content (AvgIpc) is 3.30. The topological polar surface area (TPSA) is 97.2 Å². The second-order valence-electron chi connectivity index (χ2n) is 10.7. The fourth-order valence-corrected chi connectivity index (χ4v) is 4.87. The molecule has 0 radical (unpaired) electrons. The molecule has 0 unspecified atom stereocenters. The molecule has 7 nitrogen and oxygen atoms in total. The molecule has 0 spiro atoms. The number of hydrogen-bond donors (Lipinski definition) is 3. The van der Waals surface area contributed by atoms with Crippen LogP contribution >= 0.6 is 0 Å². The number of phenols is 2. The third-order valence-electron chi connectivity index (χ3n) is 7.69. The van der Waals surface area contributed by atoms with Crippen molar-refractivity contribution in [2.45, 2.75) is 44.8 Å². The summed E-state index contributed by atoms with van der Waals surface area (Å²) in [6.45, 7) is 8.06. The maximum absolute atomic E-state index is 12.8. The molecule has 0 saturated carbocycles. The van der Waals surface area contributed by atoms with E-state index in [1.807, 2.05) is 52.0 Å². The summed E-state index contributed by atoms with van der Waals surface area (Å²) in [6.07, 6.45) is 1.13. The Labute approximate surface area is 223 Å². The van der Waals surface area contributed by atoms with E-state index in [0.29, 0.717) is 11.0 Å². The van der Waals surface area contributed by atoms with Gasteiger partial charge in [-0.25, -0.2) is 4.79 Å². The van der Waals surface area contributed by atoms with Crippen LogP contribution in [0, 0.1) is 0 Å². The average molecular weight is 513 g/mol. The first-order chi connectivity index (χ1) is 18.1. The molecule has 1 heterocycles. The Morgan fingerprint density at radius 1 is 0.947 bits per heavy atom. The van der Waals surface area contributed by atoms with Crippen molar-refractivity contribution in [2.24, 2.45) is 0 Å². The van der Waals surface area contributed by atoms with Crippen LogP contribution in [0.15, 0.2) is 72.2 Å². The molecular weight excluding hydrogens is 481 g/mol. The molecule has 196 valence electrons. The van der Waals surface area contributed by atoms with Gasteiger partial charge in [-0.1, -0.05) is 54.6 Å². The minimum atomic E-state index is -0.748. The fraction of sp³-hybridized carbons (Fsp3) is 0.300. The number of carbonyl (C=O) groups is 1. The molecule has 3 aromatic rings. The van der Waals surface area contributed by atoms with E-state index in [1.165, 1.54) is 12.1 Å². The van der Waals surface area contributed by atoms with E-state index in [2.05, 4.69) is 29.6 Å². The number of carbonyl (C=O) groups excluding carboxylic acids is 1. The first-order valence-corrected chi connectivity index (χ1v) is 12.7. The Morgan fingerprint density at radius 2 is 1.53 bits per heavy atom. The second kappa shape index (κ2) is 9.85. The van der Waals surface area contributed by atoms with Crippen molar-refractivity contribution >= 4 is 19.3 Å². The highest BCUT2D eigenvalue weighted by Crippen LogP contribution is 2.44. The largest absolute Gasteiger partial charge is 0.508 e. The third kappa shape index (κ3) is 4.89. The Morgan fingerprint density at radius 3 is 2.11 bits per heavy atom. The first-order valence-electron chi connectivity index (χ1n) is 12.7. The molecule has 1 saturated heterocycles. The molecule has 5 rings (SSSR count). The van der Waals surface area contributed by atoms with E-state index in [1.54, 1.807) is 12.1 Å². The maximum atomic E-state index is 12.8. The predicted molar refractivity (Wildman–Crippen MR) is 147 cm³/mol. The van der Waals surface area contributed by atoms with E-state index >= 15 is 0 Å². The quantitative estimate of drug-likeness (QED) is 0.369. The highest BCUT2D eigenvalue weighted by molar-refractivity contribution is 6.56. The summed E-state index contributed by atoms with van der Waals surface area (Å²) in [5.74, 6) is -0.186. The van der Waals surface area contributed by atoms with Crippen LogP contribution < -0.4 is 5.32 Å². The van der Waals surface area contributed by atoms with E-state index in [4.69, 9.17) is 14.0 Å². The lowest BCUT2D eigenvalue weighted by Crippen LogP contribution is -2.41. The predicted octanol–water partition coefficient (Wildman–Crippen LogP) is 5.65. The molecule has 1 aliphatic carbocycles. The fourth-order valence-electron chi connectivity index (χ4n) is 4.87. The van der Waals surface area contributed by atoms with Gasteiger partial charge in [0.1, 0.15) is 18.1 Å². The third-order valence-corrected chi connectivity index (χ3v) is 7.69. The van der Waals surface area contributed by atoms with Gasteiger partial charge in [-0.15, -0.1) is 0 Å². The number of rotatable bonds is 6. The van der Waals surface area contributed by atoms with Crippen LogP contribution in [-0.4, -0.2) is 47.8 Å². The smallest absolute Gasteiger partial charge is 0.492 e. The van der Waals surface area contributed by atoms with Crippen molar-refractivity contribution in [1.82, 2.24) is 5.32 Å². The lowest BCUT2D eigenvalue weighted by atomic mass is 9.77. The van der Waals surface area contributed by atoms with Gasteiger partial charge in [0.15, 0.2) is 0 Å². The van der Waals surface area contributed by atoms with Gasteiger partial charge in [-0.05, 0) is 67.6 Å². The Bertz CT molecular complexity index is 1340. The normalized spacial score (nSPS) is 17.7. The van der Waals surface area contributed by atoms with Gasteiger partial charge in [0, 0.05) is 24.1 Å². The summed E-state index contributed by atoms with van der Waals surface area (Å²) in [5, 5.41) is 22.8. The second-order valence-corrected chi connectivity index (χ2v) is 10.7. The Hall–Kier alpha value is -3.75. The zero-order valence-corrected chi connectivity index (χ0v) is 22.0. The summed E-state index contributed by atoms with van der Waals surface area (Å²) in [5.41, 5.74) is 4.49. The molecular formula is C30H32BNO6. The van der Waals surface area contributed by atoms with Crippen molar-refractivity contribution < 1.29 is 29.1 Å². The zero-order chi connectivity index (χ0) is 27.1. The molecule has 1 amide bonds. The highest BCUT2D eigenvalue weighted by atomic mass is 16.7. The van der Waals surface area contributed by atoms with Crippen LogP contribution in [0.3, 0.4) is 0 Å². The van der Waals surface area contributed by atoms with E-state index < -0.39 is 24.4 Å². The molecule has 8 heteroatoms. The molecule has 3 aromatic carbocycles. The Kier molecular flexibility index (Phi) is 6.71. The number of benzene rings is 3. The molecule has 2 aliphatic rings.